The van der Waals surface area contributed by atoms with Crippen molar-refractivity contribution in [3.8, 4) is 23.0 Å². The largest absolute Gasteiger partial charge is 0.743 e. The Morgan fingerprint density at radius 3 is 1.71 bits per heavy atom. The predicted molar refractivity (Wildman–Crippen MR) is 129 cm³/mol. The predicted octanol–water partition coefficient (Wildman–Crippen LogP) is 6.57. The van der Waals surface area contributed by atoms with Gasteiger partial charge in [0, 0.05) is 6.07 Å². The van der Waals surface area contributed by atoms with Gasteiger partial charge < -0.3 is 23.9 Å². The third kappa shape index (κ3) is 6.45. The Kier molecular flexibility index (Phi) is 8.70. The Bertz CT molecular complexity index is 1610. The van der Waals surface area contributed by atoms with Crippen LogP contribution in [0.4, 0.5) is 48.3 Å². The number of halogens is 11. The van der Waals surface area contributed by atoms with Crippen molar-refractivity contribution < 1.29 is 80.6 Å². The van der Waals surface area contributed by atoms with Crippen LogP contribution in [0.3, 0.4) is 0 Å². The first kappa shape index (κ1) is 34.4. The van der Waals surface area contributed by atoms with Crippen molar-refractivity contribution in [2.75, 3.05) is 6.61 Å². The maximum Gasteiger partial charge on any atom is 0.432 e. The summed E-state index contributed by atoms with van der Waals surface area (Å²) in [6.07, 6.45) is -24.1. The Morgan fingerprint density at radius 2 is 1.27 bits per heavy atom. The molecule has 4 rings (SSSR count). The molecule has 0 aliphatic carbocycles. The molecule has 1 aliphatic heterocycles. The molecule has 0 fully saturated rings. The zero-order chi connectivity index (χ0) is 33.8. The second-order valence-electron chi connectivity index (χ2n) is 9.11. The fourth-order valence-corrected chi connectivity index (χ4v) is 6.48. The molecule has 1 heterocycles. The minimum atomic E-state index is -7.10. The molecule has 1 aliphatic rings. The van der Waals surface area contributed by atoms with Crippen LogP contribution in [0.2, 0.25) is 0 Å². The van der Waals surface area contributed by atoms with Gasteiger partial charge in [-0.25, -0.2) is 8.42 Å². The fourth-order valence-electron chi connectivity index (χ4n) is 3.81. The van der Waals surface area contributed by atoms with Crippen LogP contribution in [-0.2, 0) is 21.0 Å². The van der Waals surface area contributed by atoms with Gasteiger partial charge in [-0.05, 0) is 36.4 Å². The second kappa shape index (κ2) is 11.4. The minimum Gasteiger partial charge on any atom is -0.743 e. The van der Waals surface area contributed by atoms with Crippen molar-refractivity contribution in [2.24, 2.45) is 0 Å². The summed E-state index contributed by atoms with van der Waals surface area (Å²) in [5.74, 6) is -2.68. The molecule has 0 bridgehead atoms. The van der Waals surface area contributed by atoms with Gasteiger partial charge in [0.2, 0.25) is 9.79 Å². The molecule has 45 heavy (non-hydrogen) atoms. The van der Waals surface area contributed by atoms with Crippen molar-refractivity contribution in [3.05, 3.63) is 66.7 Å². The molecule has 1 atom stereocenters. The van der Waals surface area contributed by atoms with E-state index in [0.29, 0.717) is 21.9 Å². The van der Waals surface area contributed by atoms with Gasteiger partial charge in [-0.3, -0.25) is 0 Å². The van der Waals surface area contributed by atoms with E-state index in [9.17, 15) is 66.4 Å². The zero-order valence-corrected chi connectivity index (χ0v) is 23.1. The Labute approximate surface area is 248 Å². The number of rotatable bonds is 8. The number of hydrogen-bond donors (Lipinski definition) is 1. The standard InChI is InChI=1S/C25H15F11O7S2/c26-22(27,28)20(23(29,30)45(38,39)40)43-14-10-9-13(11-17(14)41-12-21(37,24(31,32)33)25(34,35)36)44-18-7-3-1-5-15(18)42-16-6-2-4-8-19(16)44/h1-11,20,37H,12H2. The molecule has 7 nitrogen and oxygen atoms in total. The molecular formula is C25H15F11O7S2. The van der Waals surface area contributed by atoms with E-state index in [0.717, 1.165) is 6.07 Å². The van der Waals surface area contributed by atoms with Crippen molar-refractivity contribution in [2.45, 2.75) is 50.2 Å². The molecular weight excluding hydrogens is 685 g/mol. The summed E-state index contributed by atoms with van der Waals surface area (Å²) >= 11 is 0. The fraction of sp³-hybridized carbons (Fsp3) is 0.280. The van der Waals surface area contributed by atoms with Crippen LogP contribution in [0.1, 0.15) is 0 Å². The Morgan fingerprint density at radius 1 is 0.778 bits per heavy atom. The molecule has 0 aromatic heterocycles. The van der Waals surface area contributed by atoms with Crippen LogP contribution in [0, 0.1) is 0 Å². The molecule has 246 valence electrons. The van der Waals surface area contributed by atoms with Crippen LogP contribution in [-0.4, -0.2) is 60.2 Å². The van der Waals surface area contributed by atoms with Gasteiger partial charge >= 0.3 is 23.8 Å². The van der Waals surface area contributed by atoms with E-state index in [4.69, 9.17) is 4.74 Å². The van der Waals surface area contributed by atoms with Crippen molar-refractivity contribution in [1.29, 1.82) is 0 Å². The lowest BCUT2D eigenvalue weighted by Gasteiger charge is -2.33. The first-order valence-electron chi connectivity index (χ1n) is 11.8. The monoisotopic (exact) mass is 700 g/mol. The molecule has 0 radical (unpaired) electrons. The number of benzene rings is 3. The van der Waals surface area contributed by atoms with Crippen LogP contribution < -0.4 is 14.2 Å². The van der Waals surface area contributed by atoms with E-state index in [2.05, 4.69) is 9.47 Å². The van der Waals surface area contributed by atoms with E-state index in [1.807, 2.05) is 0 Å². The topological polar surface area (TPSA) is 105 Å². The number of ether oxygens (including phenoxy) is 3. The van der Waals surface area contributed by atoms with Crippen LogP contribution in [0.5, 0.6) is 23.0 Å². The van der Waals surface area contributed by atoms with E-state index in [-0.39, 0.29) is 16.4 Å². The number of hydrogen-bond acceptors (Lipinski definition) is 7. The molecule has 0 saturated carbocycles. The summed E-state index contributed by atoms with van der Waals surface area (Å²) in [5, 5.41) is 3.27. The van der Waals surface area contributed by atoms with Crippen LogP contribution in [0.15, 0.2) is 81.4 Å². The Balaban J connectivity index is 1.90. The van der Waals surface area contributed by atoms with Gasteiger partial charge in [0.25, 0.3) is 11.7 Å². The van der Waals surface area contributed by atoms with E-state index in [1.54, 1.807) is 12.1 Å². The molecule has 20 heteroatoms. The lowest BCUT2D eigenvalue weighted by atomic mass is 10.0. The van der Waals surface area contributed by atoms with Crippen LogP contribution in [0.25, 0.3) is 0 Å². The normalized spacial score (nSPS) is 15.5. The van der Waals surface area contributed by atoms with Gasteiger partial charge in [0.05, 0.1) is 0 Å². The van der Waals surface area contributed by atoms with Crippen molar-refractivity contribution in [3.63, 3.8) is 0 Å². The SMILES string of the molecule is O=S(=O)([O-])C(F)(F)C(Oc1ccc([S+]2c3ccccc3Oc3ccccc32)cc1OCC(O)(C(F)(F)F)C(F)(F)F)C(F)(F)F. The van der Waals surface area contributed by atoms with Crippen molar-refractivity contribution in [1.82, 2.24) is 0 Å². The lowest BCUT2D eigenvalue weighted by Crippen LogP contribution is -2.60. The highest BCUT2D eigenvalue weighted by Gasteiger charge is 2.71. The third-order valence-corrected chi connectivity index (χ3v) is 9.22. The van der Waals surface area contributed by atoms with Gasteiger partial charge in [0.15, 0.2) is 38.0 Å². The first-order chi connectivity index (χ1) is 20.5. The second-order valence-corrected chi connectivity index (χ2v) is 12.5. The molecule has 1 unspecified atom stereocenters. The molecule has 0 saturated heterocycles. The quantitative estimate of drug-likeness (QED) is 0.126. The molecule has 3 aromatic carbocycles. The van der Waals surface area contributed by atoms with Crippen molar-refractivity contribution >= 4 is 21.0 Å². The smallest absolute Gasteiger partial charge is 0.432 e. The highest BCUT2D eigenvalue weighted by atomic mass is 32.2. The van der Waals surface area contributed by atoms with Gasteiger partial charge in [-0.15, -0.1) is 0 Å². The molecule has 0 spiro atoms. The Hall–Kier alpha value is -3.49. The van der Waals surface area contributed by atoms with E-state index >= 15 is 0 Å². The molecule has 3 aromatic rings. The first-order valence-corrected chi connectivity index (χ1v) is 14.4. The number of para-hydroxylation sites is 2. The zero-order valence-electron chi connectivity index (χ0n) is 21.5. The molecule has 1 N–H and O–H groups in total. The number of alkyl halides is 11. The van der Waals surface area contributed by atoms with E-state index in [1.165, 1.54) is 36.4 Å². The van der Waals surface area contributed by atoms with Gasteiger partial charge in [-0.2, -0.15) is 48.3 Å². The summed E-state index contributed by atoms with van der Waals surface area (Å²) in [5.41, 5.74) is -5.63. The summed E-state index contributed by atoms with van der Waals surface area (Å²) in [7, 11) is -8.48. The average molecular weight is 701 g/mol. The highest BCUT2D eigenvalue weighted by molar-refractivity contribution is 7.97. The maximum atomic E-state index is 14.2. The average Bonchev–Trinajstić information content (AvgIpc) is 2.91. The van der Waals surface area contributed by atoms with E-state index < -0.39 is 74.6 Å². The maximum absolute atomic E-state index is 14.2. The van der Waals surface area contributed by atoms with Gasteiger partial charge in [-0.1, -0.05) is 24.3 Å². The number of aliphatic hydroxyl groups is 1. The summed E-state index contributed by atoms with van der Waals surface area (Å²) in [6, 6.07) is 14.0. The third-order valence-electron chi connectivity index (χ3n) is 6.06. The lowest BCUT2D eigenvalue weighted by molar-refractivity contribution is -0.373. The highest BCUT2D eigenvalue weighted by Crippen LogP contribution is 2.50. The molecule has 0 amide bonds. The summed E-state index contributed by atoms with van der Waals surface area (Å²) in [4.78, 5) is 0.611. The van der Waals surface area contributed by atoms with Crippen LogP contribution >= 0.6 is 0 Å². The summed E-state index contributed by atoms with van der Waals surface area (Å²) in [6.45, 7) is -2.77. The number of fused-ring (bicyclic) bond motifs is 2. The minimum absolute atomic E-state index is 0.102. The summed E-state index contributed by atoms with van der Waals surface area (Å²) < 4.78 is 196. The van der Waals surface area contributed by atoms with Gasteiger partial charge in [0.1, 0.15) is 17.5 Å².